The number of nitrogens with two attached hydrogens (primary N) is 1. The average Bonchev–Trinajstić information content (AvgIpc) is 3.53. The van der Waals surface area contributed by atoms with Gasteiger partial charge >= 0.3 is 5.69 Å². The number of hydrogen-bond donors (Lipinski definition) is 3. The Balaban J connectivity index is 1.80. The molecule has 11 heteroatoms. The predicted octanol–water partition coefficient (Wildman–Crippen LogP) is 1.53. The van der Waals surface area contributed by atoms with Crippen LogP contribution in [0.3, 0.4) is 0 Å². The molecular weight excluding hydrogens is 474 g/mol. The highest BCUT2D eigenvalue weighted by Gasteiger charge is 2.22. The van der Waals surface area contributed by atoms with Crippen LogP contribution in [-0.4, -0.2) is 48.1 Å². The van der Waals surface area contributed by atoms with Crippen molar-refractivity contribution in [3.8, 4) is 0 Å². The summed E-state index contributed by atoms with van der Waals surface area (Å²) in [5.41, 5.74) is 8.56. The maximum Gasteiger partial charge on any atom is 0.332 e. The number of imidazole rings is 1. The topological polar surface area (TPSA) is 146 Å². The third-order valence-electron chi connectivity index (χ3n) is 6.51. The van der Waals surface area contributed by atoms with E-state index in [4.69, 9.17) is 15.2 Å². The lowest BCUT2D eigenvalue weighted by atomic mass is 10.1. The monoisotopic (exact) mass is 509 g/mol. The van der Waals surface area contributed by atoms with Crippen molar-refractivity contribution >= 4 is 16.9 Å². The van der Waals surface area contributed by atoms with Gasteiger partial charge in [0.05, 0.1) is 12.3 Å². The smallest absolute Gasteiger partial charge is 0.332 e. The second kappa shape index (κ2) is 12.0. The maximum absolute atomic E-state index is 13.6. The highest BCUT2D eigenvalue weighted by Crippen LogP contribution is 2.17. The van der Waals surface area contributed by atoms with E-state index < -0.39 is 6.10 Å². The Morgan fingerprint density at radius 1 is 1.11 bits per heavy atom. The summed E-state index contributed by atoms with van der Waals surface area (Å²) in [6.45, 7) is 5.92. The molecule has 11 nitrogen and oxygen atoms in total. The van der Waals surface area contributed by atoms with Gasteiger partial charge in [-0.3, -0.25) is 13.9 Å². The Hall–Kier alpha value is -3.70. The number of aromatic nitrogens is 5. The lowest BCUT2D eigenvalue weighted by Crippen LogP contribution is -2.41. The molecule has 0 aliphatic carbocycles. The van der Waals surface area contributed by atoms with E-state index >= 15 is 0 Å². The minimum absolute atomic E-state index is 0.314. The summed E-state index contributed by atoms with van der Waals surface area (Å²) in [5.74, 6) is 0.634. The molecule has 1 aromatic carbocycles. The van der Waals surface area contributed by atoms with Crippen LogP contribution < -0.4 is 22.3 Å². The normalized spacial score (nSPS) is 12.4. The van der Waals surface area contributed by atoms with E-state index in [9.17, 15) is 14.7 Å². The van der Waals surface area contributed by atoms with Crippen LogP contribution >= 0.6 is 0 Å². The Kier molecular flexibility index (Phi) is 8.57. The molecule has 37 heavy (non-hydrogen) atoms. The molecule has 198 valence electrons. The van der Waals surface area contributed by atoms with Gasteiger partial charge in [0.1, 0.15) is 12.1 Å². The number of aryl methyl sites for hydroxylation is 2. The van der Waals surface area contributed by atoms with Crippen molar-refractivity contribution in [3.63, 3.8) is 0 Å². The summed E-state index contributed by atoms with van der Waals surface area (Å²) in [5, 5.41) is 16.9. The van der Waals surface area contributed by atoms with Crippen LogP contribution in [0.4, 0.5) is 5.69 Å². The molecular formula is C26H35N7O4. The predicted molar refractivity (Wildman–Crippen MR) is 142 cm³/mol. The van der Waals surface area contributed by atoms with E-state index in [1.54, 1.807) is 17.0 Å². The first kappa shape index (κ1) is 26.4. The second-order valence-corrected chi connectivity index (χ2v) is 9.17. The minimum Gasteiger partial charge on any atom is -0.399 e. The van der Waals surface area contributed by atoms with Crippen LogP contribution in [0.25, 0.3) is 11.2 Å². The Labute approximate surface area is 214 Å². The van der Waals surface area contributed by atoms with E-state index in [0.29, 0.717) is 81.1 Å². The van der Waals surface area contributed by atoms with E-state index in [2.05, 4.69) is 10.5 Å². The van der Waals surface area contributed by atoms with E-state index in [1.165, 1.54) is 4.57 Å². The number of hydrogen-bond acceptors (Lipinski definition) is 8. The summed E-state index contributed by atoms with van der Waals surface area (Å²) in [6, 6.07) is 7.55. The molecule has 0 aliphatic rings. The number of benzene rings is 1. The van der Waals surface area contributed by atoms with Gasteiger partial charge in [0.2, 0.25) is 0 Å². The number of anilines is 1. The van der Waals surface area contributed by atoms with Gasteiger partial charge in [-0.1, -0.05) is 37.2 Å². The first-order valence-electron chi connectivity index (χ1n) is 12.8. The van der Waals surface area contributed by atoms with Gasteiger partial charge in [-0.2, -0.15) is 0 Å². The molecule has 4 aromatic rings. The SMILES string of the molecule is CCCn1c(=O)c2c(nc(Cc3cnoc3)n2CCNCC(O)CC)n(CCc2ccccc2N)c1=O. The molecule has 4 rings (SSSR count). The third kappa shape index (κ3) is 5.83. The van der Waals surface area contributed by atoms with Gasteiger partial charge in [-0.05, 0) is 30.9 Å². The zero-order chi connectivity index (χ0) is 26.4. The molecule has 1 unspecified atom stereocenters. The number of nitrogens with zero attached hydrogens (tertiary/aromatic N) is 5. The summed E-state index contributed by atoms with van der Waals surface area (Å²) in [4.78, 5) is 31.9. The number of aliphatic hydroxyl groups is 1. The molecule has 3 heterocycles. The van der Waals surface area contributed by atoms with Gasteiger partial charge < -0.3 is 25.2 Å². The number of para-hydroxylation sites is 1. The Bertz CT molecular complexity index is 1440. The molecule has 0 bridgehead atoms. The highest BCUT2D eigenvalue weighted by atomic mass is 16.5. The van der Waals surface area contributed by atoms with Crippen molar-refractivity contribution in [2.75, 3.05) is 18.8 Å². The molecule has 1 atom stereocenters. The summed E-state index contributed by atoms with van der Waals surface area (Å²) in [7, 11) is 0. The van der Waals surface area contributed by atoms with Crippen molar-refractivity contribution in [1.82, 2.24) is 29.2 Å². The lowest BCUT2D eigenvalue weighted by Gasteiger charge is -2.14. The van der Waals surface area contributed by atoms with E-state index in [0.717, 1.165) is 11.1 Å². The quantitative estimate of drug-likeness (QED) is 0.182. The summed E-state index contributed by atoms with van der Waals surface area (Å²) < 4.78 is 9.75. The minimum atomic E-state index is -0.437. The molecule has 0 aliphatic heterocycles. The largest absolute Gasteiger partial charge is 0.399 e. The zero-order valence-corrected chi connectivity index (χ0v) is 21.4. The standard InChI is InChI=1S/C26H35N7O4/c1-3-11-33-25(35)23-24(32(26(33)36)12-9-19-7-5-6-8-21(19)27)30-22(14-18-15-29-37-17-18)31(23)13-10-28-16-20(34)4-2/h5-8,15,17,20,28,34H,3-4,9-14,16,27H2,1-2H3. The van der Waals surface area contributed by atoms with Gasteiger partial charge in [0.25, 0.3) is 5.56 Å². The van der Waals surface area contributed by atoms with Gasteiger partial charge in [0.15, 0.2) is 11.2 Å². The molecule has 3 aromatic heterocycles. The first-order valence-corrected chi connectivity index (χ1v) is 12.8. The van der Waals surface area contributed by atoms with Crippen LogP contribution in [0.1, 0.15) is 43.6 Å². The van der Waals surface area contributed by atoms with Crippen LogP contribution in [0.5, 0.6) is 0 Å². The third-order valence-corrected chi connectivity index (χ3v) is 6.51. The Morgan fingerprint density at radius 3 is 2.62 bits per heavy atom. The van der Waals surface area contributed by atoms with Crippen molar-refractivity contribution in [2.24, 2.45) is 0 Å². The number of fused-ring (bicyclic) bond motifs is 1. The van der Waals surface area contributed by atoms with Gasteiger partial charge in [0, 0.05) is 50.4 Å². The maximum atomic E-state index is 13.6. The number of nitrogen functional groups attached to an aromatic ring is 1. The molecule has 0 spiro atoms. The van der Waals surface area contributed by atoms with Gasteiger partial charge in [-0.15, -0.1) is 0 Å². The number of aliphatic hydroxyl groups excluding tert-OH is 1. The molecule has 0 fully saturated rings. The first-order chi connectivity index (χ1) is 17.9. The van der Waals surface area contributed by atoms with Crippen LogP contribution in [0, 0.1) is 0 Å². The van der Waals surface area contributed by atoms with Crippen LogP contribution in [-0.2, 0) is 32.5 Å². The molecule has 0 saturated carbocycles. The summed E-state index contributed by atoms with van der Waals surface area (Å²) >= 11 is 0. The second-order valence-electron chi connectivity index (χ2n) is 9.17. The van der Waals surface area contributed by atoms with E-state index in [1.807, 2.05) is 42.7 Å². The fraction of sp³-hybridized carbons (Fsp3) is 0.462. The van der Waals surface area contributed by atoms with Gasteiger partial charge in [-0.25, -0.2) is 9.78 Å². The van der Waals surface area contributed by atoms with Crippen molar-refractivity contribution in [2.45, 2.75) is 65.3 Å². The molecule has 0 saturated heterocycles. The fourth-order valence-corrected chi connectivity index (χ4v) is 4.43. The van der Waals surface area contributed by atoms with E-state index in [-0.39, 0.29) is 11.2 Å². The summed E-state index contributed by atoms with van der Waals surface area (Å²) in [6.07, 6.45) is 4.93. The fourth-order valence-electron chi connectivity index (χ4n) is 4.43. The highest BCUT2D eigenvalue weighted by molar-refractivity contribution is 5.71. The van der Waals surface area contributed by atoms with Crippen LogP contribution in [0.15, 0.2) is 50.8 Å². The average molecular weight is 510 g/mol. The number of nitrogens with one attached hydrogen (secondary N) is 1. The molecule has 0 amide bonds. The van der Waals surface area contributed by atoms with Crippen LogP contribution in [0.2, 0.25) is 0 Å². The Morgan fingerprint density at radius 2 is 1.92 bits per heavy atom. The zero-order valence-electron chi connectivity index (χ0n) is 21.4. The molecule has 4 N–H and O–H groups in total. The number of rotatable bonds is 13. The van der Waals surface area contributed by atoms with Crippen molar-refractivity contribution < 1.29 is 9.63 Å². The molecule has 0 radical (unpaired) electrons. The van der Waals surface area contributed by atoms with Crippen molar-refractivity contribution in [1.29, 1.82) is 0 Å². The van der Waals surface area contributed by atoms with Crippen molar-refractivity contribution in [3.05, 3.63) is 74.5 Å². The lowest BCUT2D eigenvalue weighted by molar-refractivity contribution is 0.167.